The molecule has 1 aromatic carbocycles. The van der Waals surface area contributed by atoms with Crippen molar-refractivity contribution in [3.8, 4) is 5.75 Å². The van der Waals surface area contributed by atoms with Crippen LogP contribution in [-0.2, 0) is 6.42 Å². The minimum atomic E-state index is 0.150. The van der Waals surface area contributed by atoms with E-state index >= 15 is 0 Å². The standard InChI is InChI=1S/C14H20N4OS/c1-3-11(15)9-16-14-17-13(18-20-14)8-10-6-4-5-7-12(10)19-2/h4-7,11H,3,8-9,15H2,1-2H3,(H,16,17,18). The van der Waals surface area contributed by atoms with Gasteiger partial charge in [0.1, 0.15) is 11.6 Å². The van der Waals surface area contributed by atoms with Crippen LogP contribution in [0.2, 0.25) is 0 Å². The lowest BCUT2D eigenvalue weighted by Crippen LogP contribution is -2.27. The molecule has 5 nitrogen and oxygen atoms in total. The third kappa shape index (κ3) is 3.91. The number of methoxy groups -OCH3 is 1. The van der Waals surface area contributed by atoms with Gasteiger partial charge in [-0.3, -0.25) is 0 Å². The Bertz CT molecular complexity index is 543. The van der Waals surface area contributed by atoms with Crippen molar-refractivity contribution < 1.29 is 4.74 Å². The minimum absolute atomic E-state index is 0.150. The van der Waals surface area contributed by atoms with E-state index < -0.39 is 0 Å². The molecule has 20 heavy (non-hydrogen) atoms. The van der Waals surface area contributed by atoms with Gasteiger partial charge in [-0.15, -0.1) is 0 Å². The second-order valence-electron chi connectivity index (χ2n) is 4.55. The number of hydrogen-bond donors (Lipinski definition) is 2. The van der Waals surface area contributed by atoms with Gasteiger partial charge in [-0.05, 0) is 12.5 Å². The van der Waals surface area contributed by atoms with Crippen LogP contribution in [0.25, 0.3) is 0 Å². The highest BCUT2D eigenvalue weighted by atomic mass is 32.1. The Morgan fingerprint density at radius 2 is 2.20 bits per heavy atom. The molecule has 3 N–H and O–H groups in total. The average molecular weight is 292 g/mol. The van der Waals surface area contributed by atoms with E-state index in [9.17, 15) is 0 Å². The van der Waals surface area contributed by atoms with Gasteiger partial charge < -0.3 is 15.8 Å². The third-order valence-electron chi connectivity index (χ3n) is 3.05. The van der Waals surface area contributed by atoms with E-state index in [0.29, 0.717) is 6.42 Å². The fourth-order valence-electron chi connectivity index (χ4n) is 1.78. The maximum Gasteiger partial charge on any atom is 0.202 e. The molecule has 108 valence electrons. The lowest BCUT2D eigenvalue weighted by atomic mass is 10.1. The van der Waals surface area contributed by atoms with E-state index in [1.807, 2.05) is 24.3 Å². The SMILES string of the molecule is CCC(N)CNc1nc(Cc2ccccc2OC)ns1. The Hall–Kier alpha value is -1.66. The molecule has 2 aromatic rings. The Kier molecular flexibility index (Phi) is 5.31. The predicted molar refractivity (Wildman–Crippen MR) is 82.5 cm³/mol. The molecule has 0 amide bonds. The molecular formula is C14H20N4OS. The maximum absolute atomic E-state index is 5.87. The lowest BCUT2D eigenvalue weighted by Gasteiger charge is -2.08. The summed E-state index contributed by atoms with van der Waals surface area (Å²) in [4.78, 5) is 4.47. The predicted octanol–water partition coefficient (Wildman–Crippen LogP) is 2.29. The van der Waals surface area contributed by atoms with E-state index in [1.54, 1.807) is 7.11 Å². The summed E-state index contributed by atoms with van der Waals surface area (Å²) in [6.07, 6.45) is 1.61. The number of nitrogens with zero attached hydrogens (tertiary/aromatic N) is 2. The van der Waals surface area contributed by atoms with Gasteiger partial charge in [-0.1, -0.05) is 25.1 Å². The number of nitrogens with one attached hydrogen (secondary N) is 1. The smallest absolute Gasteiger partial charge is 0.202 e. The van der Waals surface area contributed by atoms with Crippen molar-refractivity contribution in [2.24, 2.45) is 5.73 Å². The molecule has 0 aliphatic heterocycles. The van der Waals surface area contributed by atoms with E-state index in [2.05, 4.69) is 21.6 Å². The van der Waals surface area contributed by atoms with Crippen LogP contribution in [0.15, 0.2) is 24.3 Å². The first-order valence-corrected chi connectivity index (χ1v) is 7.44. The molecular weight excluding hydrogens is 272 g/mol. The molecule has 1 heterocycles. The van der Waals surface area contributed by atoms with Crippen LogP contribution in [0, 0.1) is 0 Å². The number of ether oxygens (including phenoxy) is 1. The highest BCUT2D eigenvalue weighted by molar-refractivity contribution is 7.09. The van der Waals surface area contributed by atoms with Crippen molar-refractivity contribution in [2.45, 2.75) is 25.8 Å². The summed E-state index contributed by atoms with van der Waals surface area (Å²) in [7, 11) is 1.67. The first kappa shape index (κ1) is 14.7. The first-order chi connectivity index (χ1) is 9.72. The summed E-state index contributed by atoms with van der Waals surface area (Å²) in [5, 5.41) is 4.04. The molecule has 0 bridgehead atoms. The number of benzene rings is 1. The molecule has 0 fully saturated rings. The van der Waals surface area contributed by atoms with Gasteiger partial charge in [-0.2, -0.15) is 4.37 Å². The number of aromatic nitrogens is 2. The quantitative estimate of drug-likeness (QED) is 0.819. The van der Waals surface area contributed by atoms with Crippen molar-refractivity contribution in [2.75, 3.05) is 19.0 Å². The second kappa shape index (κ2) is 7.21. The van der Waals surface area contributed by atoms with Crippen molar-refractivity contribution >= 4 is 16.7 Å². The van der Waals surface area contributed by atoms with Crippen molar-refractivity contribution in [1.29, 1.82) is 0 Å². The largest absolute Gasteiger partial charge is 0.496 e. The number of nitrogens with two attached hydrogens (primary N) is 1. The maximum atomic E-state index is 5.87. The average Bonchev–Trinajstić information content (AvgIpc) is 2.93. The van der Waals surface area contributed by atoms with E-state index in [0.717, 1.165) is 35.2 Å². The lowest BCUT2D eigenvalue weighted by molar-refractivity contribution is 0.410. The van der Waals surface area contributed by atoms with Crippen molar-refractivity contribution in [3.63, 3.8) is 0 Å². The zero-order chi connectivity index (χ0) is 14.4. The Balaban J connectivity index is 1.99. The summed E-state index contributed by atoms with van der Waals surface area (Å²) in [6.45, 7) is 2.79. The Morgan fingerprint density at radius 3 is 2.95 bits per heavy atom. The molecule has 0 aliphatic rings. The van der Waals surface area contributed by atoms with Gasteiger partial charge in [0.25, 0.3) is 0 Å². The highest BCUT2D eigenvalue weighted by Gasteiger charge is 2.09. The van der Waals surface area contributed by atoms with Crippen LogP contribution in [0.4, 0.5) is 5.13 Å². The van der Waals surface area contributed by atoms with Crippen LogP contribution < -0.4 is 15.8 Å². The second-order valence-corrected chi connectivity index (χ2v) is 5.31. The summed E-state index contributed by atoms with van der Waals surface area (Å²) >= 11 is 1.37. The van der Waals surface area contributed by atoms with Gasteiger partial charge in [0, 0.05) is 36.1 Å². The zero-order valence-corrected chi connectivity index (χ0v) is 12.6. The van der Waals surface area contributed by atoms with Crippen LogP contribution in [0.5, 0.6) is 5.75 Å². The van der Waals surface area contributed by atoms with Crippen LogP contribution >= 0.6 is 11.5 Å². The molecule has 0 saturated carbocycles. The first-order valence-electron chi connectivity index (χ1n) is 6.66. The third-order valence-corrected chi connectivity index (χ3v) is 3.76. The summed E-state index contributed by atoms with van der Waals surface area (Å²) in [5.41, 5.74) is 6.95. The van der Waals surface area contributed by atoms with Crippen LogP contribution in [-0.4, -0.2) is 29.1 Å². The molecule has 0 spiro atoms. The summed E-state index contributed by atoms with van der Waals surface area (Å²) in [5.74, 6) is 1.66. The Morgan fingerprint density at radius 1 is 1.40 bits per heavy atom. The van der Waals surface area contributed by atoms with E-state index in [-0.39, 0.29) is 6.04 Å². The van der Waals surface area contributed by atoms with Gasteiger partial charge >= 0.3 is 0 Å². The fraction of sp³-hybridized carbons (Fsp3) is 0.429. The van der Waals surface area contributed by atoms with Crippen molar-refractivity contribution in [1.82, 2.24) is 9.36 Å². The minimum Gasteiger partial charge on any atom is -0.496 e. The molecule has 6 heteroatoms. The molecule has 0 radical (unpaired) electrons. The number of para-hydroxylation sites is 1. The Labute approximate surface area is 123 Å². The molecule has 1 atom stereocenters. The van der Waals surface area contributed by atoms with Gasteiger partial charge in [0.2, 0.25) is 5.13 Å². The molecule has 1 aromatic heterocycles. The topological polar surface area (TPSA) is 73.1 Å². The normalized spacial score (nSPS) is 12.2. The number of rotatable bonds is 7. The number of anilines is 1. The monoisotopic (exact) mass is 292 g/mol. The molecule has 1 unspecified atom stereocenters. The highest BCUT2D eigenvalue weighted by Crippen LogP contribution is 2.21. The van der Waals surface area contributed by atoms with Crippen molar-refractivity contribution in [3.05, 3.63) is 35.7 Å². The van der Waals surface area contributed by atoms with Gasteiger partial charge in [0.05, 0.1) is 7.11 Å². The summed E-state index contributed by atoms with van der Waals surface area (Å²) in [6, 6.07) is 8.07. The van der Waals surface area contributed by atoms with E-state index in [4.69, 9.17) is 10.5 Å². The molecule has 0 aliphatic carbocycles. The fourth-order valence-corrected chi connectivity index (χ4v) is 2.37. The summed E-state index contributed by atoms with van der Waals surface area (Å²) < 4.78 is 9.70. The number of hydrogen-bond acceptors (Lipinski definition) is 6. The van der Waals surface area contributed by atoms with Gasteiger partial charge in [-0.25, -0.2) is 4.98 Å². The zero-order valence-electron chi connectivity index (χ0n) is 11.8. The molecule has 0 saturated heterocycles. The van der Waals surface area contributed by atoms with E-state index in [1.165, 1.54) is 11.5 Å². The van der Waals surface area contributed by atoms with Crippen LogP contribution in [0.3, 0.4) is 0 Å². The van der Waals surface area contributed by atoms with Crippen LogP contribution in [0.1, 0.15) is 24.7 Å². The van der Waals surface area contributed by atoms with Gasteiger partial charge in [0.15, 0.2) is 0 Å². The molecule has 2 rings (SSSR count).